The van der Waals surface area contributed by atoms with Crippen molar-refractivity contribution in [3.8, 4) is 5.88 Å². The summed E-state index contributed by atoms with van der Waals surface area (Å²) in [5.74, 6) is -0.749. The molecule has 2 rings (SSSR count). The van der Waals surface area contributed by atoms with Crippen molar-refractivity contribution in [2.24, 2.45) is 0 Å². The molecule has 5 heteroatoms. The standard InChI is InChI=1S/C13H16N2O3/c1-3-5-8-6-9-11(14-7-8)10(12(16)15-9)13(17)18-4-2/h6-7,15-16H,3-5H2,1-2H3. The quantitative estimate of drug-likeness (QED) is 0.815. The van der Waals surface area contributed by atoms with E-state index in [1.807, 2.05) is 6.07 Å². The number of hydrogen-bond donors (Lipinski definition) is 2. The van der Waals surface area contributed by atoms with Gasteiger partial charge in [-0.3, -0.25) is 4.98 Å². The van der Waals surface area contributed by atoms with Crippen LogP contribution in [0, 0.1) is 0 Å². The van der Waals surface area contributed by atoms with Gasteiger partial charge in [-0.25, -0.2) is 4.79 Å². The third-order valence-corrected chi connectivity index (χ3v) is 2.69. The average Bonchev–Trinajstić information content (AvgIpc) is 2.65. The van der Waals surface area contributed by atoms with Gasteiger partial charge in [-0.1, -0.05) is 13.3 Å². The maximum Gasteiger partial charge on any atom is 0.345 e. The summed E-state index contributed by atoms with van der Waals surface area (Å²) >= 11 is 0. The molecule has 0 saturated heterocycles. The molecule has 0 saturated carbocycles. The molecule has 5 nitrogen and oxygen atoms in total. The van der Waals surface area contributed by atoms with Gasteiger partial charge in [-0.15, -0.1) is 0 Å². The molecule has 0 aliphatic rings. The maximum atomic E-state index is 11.7. The van der Waals surface area contributed by atoms with E-state index in [4.69, 9.17) is 4.74 Å². The van der Waals surface area contributed by atoms with E-state index in [0.717, 1.165) is 18.4 Å². The molecular weight excluding hydrogens is 232 g/mol. The van der Waals surface area contributed by atoms with Crippen LogP contribution in [0.4, 0.5) is 0 Å². The average molecular weight is 248 g/mol. The number of rotatable bonds is 4. The zero-order valence-electron chi connectivity index (χ0n) is 10.5. The molecule has 0 bridgehead atoms. The molecule has 2 heterocycles. The summed E-state index contributed by atoms with van der Waals surface area (Å²) in [7, 11) is 0. The third-order valence-electron chi connectivity index (χ3n) is 2.69. The molecular formula is C13H16N2O3. The smallest absolute Gasteiger partial charge is 0.345 e. The molecule has 18 heavy (non-hydrogen) atoms. The van der Waals surface area contributed by atoms with Crippen LogP contribution >= 0.6 is 0 Å². The predicted octanol–water partition coefficient (Wildman–Crippen LogP) is 2.40. The molecule has 0 radical (unpaired) electrons. The highest BCUT2D eigenvalue weighted by atomic mass is 16.5. The van der Waals surface area contributed by atoms with Gasteiger partial charge in [0.15, 0.2) is 0 Å². The van der Waals surface area contributed by atoms with Crippen LogP contribution < -0.4 is 0 Å². The van der Waals surface area contributed by atoms with Gasteiger partial charge in [0.05, 0.1) is 12.1 Å². The van der Waals surface area contributed by atoms with E-state index in [0.29, 0.717) is 11.0 Å². The van der Waals surface area contributed by atoms with Crippen molar-refractivity contribution in [3.63, 3.8) is 0 Å². The summed E-state index contributed by atoms with van der Waals surface area (Å²) in [5, 5.41) is 9.76. The van der Waals surface area contributed by atoms with E-state index in [1.54, 1.807) is 13.1 Å². The number of H-pyrrole nitrogens is 1. The highest BCUT2D eigenvalue weighted by molar-refractivity contribution is 6.05. The number of pyridine rings is 1. The van der Waals surface area contributed by atoms with Crippen molar-refractivity contribution in [2.45, 2.75) is 26.7 Å². The van der Waals surface area contributed by atoms with E-state index < -0.39 is 5.97 Å². The van der Waals surface area contributed by atoms with Gasteiger partial charge < -0.3 is 14.8 Å². The number of nitrogens with one attached hydrogen (secondary N) is 1. The molecule has 2 aromatic heterocycles. The second-order valence-corrected chi connectivity index (χ2v) is 4.06. The fourth-order valence-corrected chi connectivity index (χ4v) is 1.93. The molecule has 0 unspecified atom stereocenters. The lowest BCUT2D eigenvalue weighted by molar-refractivity contribution is 0.0525. The van der Waals surface area contributed by atoms with Crippen molar-refractivity contribution in [3.05, 3.63) is 23.4 Å². The van der Waals surface area contributed by atoms with Gasteiger partial charge in [0, 0.05) is 6.20 Å². The molecule has 0 fully saturated rings. The van der Waals surface area contributed by atoms with Gasteiger partial charge in [-0.05, 0) is 25.0 Å². The van der Waals surface area contributed by atoms with E-state index in [1.165, 1.54) is 0 Å². The number of fused-ring (bicyclic) bond motifs is 1. The Morgan fingerprint density at radius 2 is 2.28 bits per heavy atom. The number of nitrogens with zero attached hydrogens (tertiary/aromatic N) is 1. The summed E-state index contributed by atoms with van der Waals surface area (Å²) < 4.78 is 4.89. The molecule has 0 aromatic carbocycles. The van der Waals surface area contributed by atoms with Crippen LogP contribution in [-0.4, -0.2) is 27.7 Å². The van der Waals surface area contributed by atoms with Crippen LogP contribution in [0.3, 0.4) is 0 Å². The summed E-state index contributed by atoms with van der Waals surface area (Å²) in [6, 6.07) is 1.90. The van der Waals surface area contributed by atoms with E-state index in [9.17, 15) is 9.90 Å². The van der Waals surface area contributed by atoms with Gasteiger partial charge in [0.1, 0.15) is 11.1 Å². The summed E-state index contributed by atoms with van der Waals surface area (Å²) in [4.78, 5) is 18.7. The SMILES string of the molecule is CCCc1cnc2c(C(=O)OCC)c(O)[nH]c2c1. The molecule has 0 aliphatic heterocycles. The molecule has 0 atom stereocenters. The molecule has 0 amide bonds. The Bertz CT molecular complexity index is 575. The van der Waals surface area contributed by atoms with E-state index in [-0.39, 0.29) is 18.1 Å². The Kier molecular flexibility index (Phi) is 3.50. The van der Waals surface area contributed by atoms with Gasteiger partial charge >= 0.3 is 5.97 Å². The first-order chi connectivity index (χ1) is 8.67. The summed E-state index contributed by atoms with van der Waals surface area (Å²) in [6.45, 7) is 4.07. The molecule has 0 spiro atoms. The zero-order chi connectivity index (χ0) is 13.1. The minimum Gasteiger partial charge on any atom is -0.494 e. The van der Waals surface area contributed by atoms with Gasteiger partial charge in [0.25, 0.3) is 0 Å². The Labute approximate surface area is 105 Å². The van der Waals surface area contributed by atoms with Crippen molar-refractivity contribution in [1.82, 2.24) is 9.97 Å². The number of aromatic amines is 1. The number of carbonyl (C=O) groups excluding carboxylic acids is 1. The number of hydrogen-bond acceptors (Lipinski definition) is 4. The van der Waals surface area contributed by atoms with Crippen LogP contribution in [0.1, 0.15) is 36.2 Å². The summed E-state index contributed by atoms with van der Waals surface area (Å²) in [5.41, 5.74) is 2.28. The first-order valence-corrected chi connectivity index (χ1v) is 6.04. The van der Waals surface area contributed by atoms with E-state index in [2.05, 4.69) is 16.9 Å². The fraction of sp³-hybridized carbons (Fsp3) is 0.385. The van der Waals surface area contributed by atoms with Crippen molar-refractivity contribution in [2.75, 3.05) is 6.61 Å². The second-order valence-electron chi connectivity index (χ2n) is 4.06. The zero-order valence-corrected chi connectivity index (χ0v) is 10.5. The van der Waals surface area contributed by atoms with Crippen molar-refractivity contribution >= 4 is 17.0 Å². The van der Waals surface area contributed by atoms with Gasteiger partial charge in [-0.2, -0.15) is 0 Å². The second kappa shape index (κ2) is 5.08. The number of aryl methyl sites for hydroxylation is 1. The van der Waals surface area contributed by atoms with Crippen LogP contribution in [-0.2, 0) is 11.2 Å². The predicted molar refractivity (Wildman–Crippen MR) is 67.7 cm³/mol. The number of aromatic hydroxyl groups is 1. The molecule has 2 N–H and O–H groups in total. The normalized spacial score (nSPS) is 10.8. The highest BCUT2D eigenvalue weighted by Crippen LogP contribution is 2.26. The Hall–Kier alpha value is -2.04. The van der Waals surface area contributed by atoms with Crippen LogP contribution in [0.25, 0.3) is 11.0 Å². The lowest BCUT2D eigenvalue weighted by Gasteiger charge is -2.00. The lowest BCUT2D eigenvalue weighted by Crippen LogP contribution is -2.04. The minimum atomic E-state index is -0.558. The number of esters is 1. The van der Waals surface area contributed by atoms with Crippen molar-refractivity contribution in [1.29, 1.82) is 0 Å². The fourth-order valence-electron chi connectivity index (χ4n) is 1.93. The van der Waals surface area contributed by atoms with E-state index >= 15 is 0 Å². The Balaban J connectivity index is 2.48. The number of aromatic nitrogens is 2. The first-order valence-electron chi connectivity index (χ1n) is 6.04. The third kappa shape index (κ3) is 2.16. The van der Waals surface area contributed by atoms with Crippen molar-refractivity contribution < 1.29 is 14.6 Å². The lowest BCUT2D eigenvalue weighted by atomic mass is 10.1. The first kappa shape index (κ1) is 12.4. The minimum absolute atomic E-state index is 0.106. The monoisotopic (exact) mass is 248 g/mol. The van der Waals surface area contributed by atoms with Crippen LogP contribution in [0.2, 0.25) is 0 Å². The Morgan fingerprint density at radius 3 is 2.94 bits per heavy atom. The maximum absolute atomic E-state index is 11.7. The number of ether oxygens (including phenoxy) is 1. The topological polar surface area (TPSA) is 75.2 Å². The Morgan fingerprint density at radius 1 is 1.50 bits per heavy atom. The van der Waals surface area contributed by atoms with Crippen LogP contribution in [0.15, 0.2) is 12.3 Å². The molecule has 2 aromatic rings. The summed E-state index contributed by atoms with van der Waals surface area (Å²) in [6.07, 6.45) is 3.66. The van der Waals surface area contributed by atoms with Gasteiger partial charge in [0.2, 0.25) is 5.88 Å². The highest BCUT2D eigenvalue weighted by Gasteiger charge is 2.20. The molecule has 0 aliphatic carbocycles. The molecule has 96 valence electrons. The van der Waals surface area contributed by atoms with Crippen LogP contribution in [0.5, 0.6) is 5.88 Å². The largest absolute Gasteiger partial charge is 0.494 e. The number of carbonyl (C=O) groups is 1.